The number of benzene rings is 2. The molecule has 0 bridgehead atoms. The van der Waals surface area contributed by atoms with Crippen LogP contribution in [0, 0.1) is 5.82 Å². The van der Waals surface area contributed by atoms with E-state index in [2.05, 4.69) is 5.32 Å². The molecule has 0 spiro atoms. The maximum Gasteiger partial charge on any atom is 0.228 e. The lowest BCUT2D eigenvalue weighted by atomic mass is 9.96. The van der Waals surface area contributed by atoms with Crippen molar-refractivity contribution in [1.29, 1.82) is 0 Å². The van der Waals surface area contributed by atoms with Crippen molar-refractivity contribution >= 4 is 23.2 Å². The Hall–Kier alpha value is -1.91. The Labute approximate surface area is 120 Å². The molecular formula is C15H12ClFN2O. The standard InChI is InChI=1S/C15H12ClFN2O/c16-10-2-1-3-11(17)14(10)15(18)8-4-5-12-9(6-8)7-13(20)19-12/h1-6,15H,7,18H2,(H,19,20). The second-order valence-electron chi connectivity index (χ2n) is 4.75. The molecule has 0 fully saturated rings. The van der Waals surface area contributed by atoms with Gasteiger partial charge in [-0.25, -0.2) is 4.39 Å². The number of anilines is 1. The monoisotopic (exact) mass is 290 g/mol. The molecule has 0 saturated heterocycles. The molecule has 0 aliphatic carbocycles. The highest BCUT2D eigenvalue weighted by Crippen LogP contribution is 2.32. The molecule has 1 aliphatic rings. The van der Waals surface area contributed by atoms with Crippen molar-refractivity contribution in [3.63, 3.8) is 0 Å². The van der Waals surface area contributed by atoms with Gasteiger partial charge in [0.15, 0.2) is 0 Å². The fraction of sp³-hybridized carbons (Fsp3) is 0.133. The molecule has 0 radical (unpaired) electrons. The zero-order valence-electron chi connectivity index (χ0n) is 10.5. The summed E-state index contributed by atoms with van der Waals surface area (Å²) in [6, 6.07) is 9.20. The minimum Gasteiger partial charge on any atom is -0.326 e. The SMILES string of the molecule is NC(c1ccc2c(c1)CC(=O)N2)c1c(F)cccc1Cl. The van der Waals surface area contributed by atoms with Gasteiger partial charge in [-0.05, 0) is 29.3 Å². The van der Waals surface area contributed by atoms with Gasteiger partial charge >= 0.3 is 0 Å². The summed E-state index contributed by atoms with van der Waals surface area (Å²) >= 11 is 6.03. The van der Waals surface area contributed by atoms with Crippen LogP contribution < -0.4 is 11.1 Å². The van der Waals surface area contributed by atoms with Crippen LogP contribution in [0.4, 0.5) is 10.1 Å². The molecule has 1 amide bonds. The average molecular weight is 291 g/mol. The third-order valence-electron chi connectivity index (χ3n) is 3.42. The van der Waals surface area contributed by atoms with E-state index in [0.29, 0.717) is 11.4 Å². The number of fused-ring (bicyclic) bond motifs is 1. The van der Waals surface area contributed by atoms with E-state index in [1.54, 1.807) is 24.3 Å². The summed E-state index contributed by atoms with van der Waals surface area (Å²) in [6.45, 7) is 0. The van der Waals surface area contributed by atoms with Gasteiger partial charge in [-0.2, -0.15) is 0 Å². The predicted molar refractivity (Wildman–Crippen MR) is 76.2 cm³/mol. The Balaban J connectivity index is 2.02. The molecule has 102 valence electrons. The predicted octanol–water partition coefficient (Wildman–Crippen LogP) is 3.02. The molecule has 2 aromatic carbocycles. The molecule has 5 heteroatoms. The Morgan fingerprint density at radius 1 is 1.30 bits per heavy atom. The Bertz CT molecular complexity index is 682. The van der Waals surface area contributed by atoms with Crippen molar-refractivity contribution in [1.82, 2.24) is 0 Å². The van der Waals surface area contributed by atoms with Crippen LogP contribution in [0.3, 0.4) is 0 Å². The Kier molecular flexibility index (Phi) is 3.20. The number of hydrogen-bond donors (Lipinski definition) is 2. The molecular weight excluding hydrogens is 279 g/mol. The van der Waals surface area contributed by atoms with E-state index < -0.39 is 11.9 Å². The lowest BCUT2D eigenvalue weighted by Gasteiger charge is -2.16. The van der Waals surface area contributed by atoms with E-state index in [9.17, 15) is 9.18 Å². The molecule has 0 saturated carbocycles. The third kappa shape index (κ3) is 2.17. The van der Waals surface area contributed by atoms with E-state index in [1.165, 1.54) is 6.07 Å². The van der Waals surface area contributed by atoms with Gasteiger partial charge < -0.3 is 11.1 Å². The van der Waals surface area contributed by atoms with Gasteiger partial charge in [0, 0.05) is 16.3 Å². The average Bonchev–Trinajstić information content (AvgIpc) is 2.77. The van der Waals surface area contributed by atoms with Gasteiger partial charge in [-0.1, -0.05) is 29.8 Å². The second kappa shape index (κ2) is 4.89. The number of nitrogens with two attached hydrogens (primary N) is 1. The summed E-state index contributed by atoms with van der Waals surface area (Å²) in [5.41, 5.74) is 8.77. The molecule has 3 rings (SSSR count). The minimum absolute atomic E-state index is 0.0466. The maximum absolute atomic E-state index is 13.9. The molecule has 3 N–H and O–H groups in total. The van der Waals surface area contributed by atoms with Crippen LogP contribution >= 0.6 is 11.6 Å². The van der Waals surface area contributed by atoms with Gasteiger partial charge in [-0.3, -0.25) is 4.79 Å². The van der Waals surface area contributed by atoms with E-state index in [0.717, 1.165) is 16.8 Å². The second-order valence-corrected chi connectivity index (χ2v) is 5.16. The topological polar surface area (TPSA) is 55.1 Å². The number of carbonyl (C=O) groups is 1. The third-order valence-corrected chi connectivity index (χ3v) is 3.75. The Morgan fingerprint density at radius 3 is 2.85 bits per heavy atom. The van der Waals surface area contributed by atoms with Crippen molar-refractivity contribution in [2.45, 2.75) is 12.5 Å². The maximum atomic E-state index is 13.9. The first-order valence-electron chi connectivity index (χ1n) is 6.18. The van der Waals surface area contributed by atoms with Crippen molar-refractivity contribution < 1.29 is 9.18 Å². The number of nitrogens with one attached hydrogen (secondary N) is 1. The van der Waals surface area contributed by atoms with Crippen molar-refractivity contribution in [2.75, 3.05) is 5.32 Å². The van der Waals surface area contributed by atoms with Gasteiger partial charge in [0.25, 0.3) is 0 Å². The molecule has 0 aromatic heterocycles. The van der Waals surface area contributed by atoms with Gasteiger partial charge in [0.2, 0.25) is 5.91 Å². The summed E-state index contributed by atoms with van der Waals surface area (Å²) in [6.07, 6.45) is 0.320. The van der Waals surface area contributed by atoms with Gasteiger partial charge in [0.05, 0.1) is 12.5 Å². The molecule has 1 atom stereocenters. The lowest BCUT2D eigenvalue weighted by molar-refractivity contribution is -0.115. The van der Waals surface area contributed by atoms with Gasteiger partial charge in [-0.15, -0.1) is 0 Å². The largest absolute Gasteiger partial charge is 0.326 e. The summed E-state index contributed by atoms with van der Waals surface area (Å²) < 4.78 is 13.9. The van der Waals surface area contributed by atoms with Crippen LogP contribution in [0.25, 0.3) is 0 Å². The molecule has 1 unspecified atom stereocenters. The summed E-state index contributed by atoms with van der Waals surface area (Å²) in [7, 11) is 0. The van der Waals surface area contributed by atoms with Crippen LogP contribution in [0.1, 0.15) is 22.7 Å². The summed E-state index contributed by atoms with van der Waals surface area (Å²) in [5.74, 6) is -0.477. The van der Waals surface area contributed by atoms with Gasteiger partial charge in [0.1, 0.15) is 5.82 Å². The highest BCUT2D eigenvalue weighted by atomic mass is 35.5. The first-order valence-corrected chi connectivity index (χ1v) is 6.56. The lowest BCUT2D eigenvalue weighted by Crippen LogP contribution is -2.14. The zero-order chi connectivity index (χ0) is 14.3. The highest BCUT2D eigenvalue weighted by molar-refractivity contribution is 6.31. The van der Waals surface area contributed by atoms with Crippen LogP contribution in [0.5, 0.6) is 0 Å². The van der Waals surface area contributed by atoms with Crippen LogP contribution in [0.2, 0.25) is 5.02 Å². The van der Waals surface area contributed by atoms with E-state index in [4.69, 9.17) is 17.3 Å². The molecule has 20 heavy (non-hydrogen) atoms. The van der Waals surface area contributed by atoms with Crippen molar-refractivity contribution in [2.24, 2.45) is 5.73 Å². The summed E-state index contributed by atoms with van der Waals surface area (Å²) in [5, 5.41) is 3.04. The minimum atomic E-state index is -0.662. The normalized spacial score (nSPS) is 14.8. The van der Waals surface area contributed by atoms with E-state index in [-0.39, 0.29) is 11.5 Å². The quantitative estimate of drug-likeness (QED) is 0.893. The fourth-order valence-corrected chi connectivity index (χ4v) is 2.70. The molecule has 3 nitrogen and oxygen atoms in total. The molecule has 1 aliphatic heterocycles. The first kappa shape index (κ1) is 13.1. The zero-order valence-corrected chi connectivity index (χ0v) is 11.2. The Morgan fingerprint density at radius 2 is 2.10 bits per heavy atom. The smallest absolute Gasteiger partial charge is 0.228 e. The summed E-state index contributed by atoms with van der Waals surface area (Å²) in [4.78, 5) is 11.3. The number of amides is 1. The van der Waals surface area contributed by atoms with Crippen LogP contribution in [0.15, 0.2) is 36.4 Å². The molecule has 2 aromatic rings. The highest BCUT2D eigenvalue weighted by Gasteiger charge is 2.21. The fourth-order valence-electron chi connectivity index (χ4n) is 2.42. The number of rotatable bonds is 2. The van der Waals surface area contributed by atoms with Crippen LogP contribution in [-0.4, -0.2) is 5.91 Å². The van der Waals surface area contributed by atoms with Crippen LogP contribution in [-0.2, 0) is 11.2 Å². The van der Waals surface area contributed by atoms with E-state index in [1.807, 2.05) is 6.07 Å². The van der Waals surface area contributed by atoms with Crippen molar-refractivity contribution in [3.8, 4) is 0 Å². The number of halogens is 2. The van der Waals surface area contributed by atoms with E-state index >= 15 is 0 Å². The first-order chi connectivity index (χ1) is 9.56. The number of carbonyl (C=O) groups excluding carboxylic acids is 1. The molecule has 1 heterocycles. The van der Waals surface area contributed by atoms with Crippen molar-refractivity contribution in [3.05, 3.63) is 63.9 Å². The number of hydrogen-bond acceptors (Lipinski definition) is 2.